The molecule has 1 saturated carbocycles. The molecule has 1 N–H and O–H groups in total. The summed E-state index contributed by atoms with van der Waals surface area (Å²) < 4.78 is 13.9. The van der Waals surface area contributed by atoms with Crippen molar-refractivity contribution in [2.24, 2.45) is 0 Å². The molecule has 10 heteroatoms. The average molecular weight is 535 g/mol. The number of esters is 2. The highest BCUT2D eigenvalue weighted by molar-refractivity contribution is 5.87. The molecule has 0 amide bonds. The molecule has 7 aliphatic rings. The van der Waals surface area contributed by atoms with Crippen LogP contribution in [0, 0.1) is 0 Å². The lowest BCUT2D eigenvalue weighted by molar-refractivity contribution is -0.148. The summed E-state index contributed by atoms with van der Waals surface area (Å²) in [5.74, 6) is -0.374. The zero-order valence-corrected chi connectivity index (χ0v) is 22.6. The third-order valence-corrected chi connectivity index (χ3v) is 10.9. The van der Waals surface area contributed by atoms with E-state index >= 15 is 0 Å². The number of nitrogens with zero attached hydrogens (tertiary/aromatic N) is 5. The number of nitrogens with one attached hydrogen (secondary N) is 1. The summed E-state index contributed by atoms with van der Waals surface area (Å²) in [5, 5.41) is 13.0. The Morgan fingerprint density at radius 3 is 2.74 bits per heavy atom. The Bertz CT molecular complexity index is 1260. The number of piperidine rings is 2. The fourth-order valence-corrected chi connectivity index (χ4v) is 9.10. The zero-order chi connectivity index (χ0) is 26.3. The zero-order valence-electron chi connectivity index (χ0n) is 22.6. The molecule has 6 aliphatic heterocycles. The Morgan fingerprint density at radius 2 is 1.85 bits per heavy atom. The number of carbonyl (C=O) groups excluding carboxylic acids is 2. The maximum atomic E-state index is 12.4. The second-order valence-corrected chi connectivity index (χ2v) is 12.8. The molecule has 1 aromatic rings. The highest BCUT2D eigenvalue weighted by Gasteiger charge is 2.64. The number of aromatic nitrogens is 3. The summed E-state index contributed by atoms with van der Waals surface area (Å²) in [6.45, 7) is 5.03. The average Bonchev–Trinajstić information content (AvgIpc) is 3.69. The highest BCUT2D eigenvalue weighted by Crippen LogP contribution is 2.56. The first-order valence-corrected chi connectivity index (χ1v) is 15.0. The Balaban J connectivity index is 1.01. The summed E-state index contributed by atoms with van der Waals surface area (Å²) in [7, 11) is 0. The van der Waals surface area contributed by atoms with E-state index < -0.39 is 5.60 Å². The van der Waals surface area contributed by atoms with Crippen LogP contribution < -0.4 is 5.32 Å². The molecule has 10 nitrogen and oxygen atoms in total. The van der Waals surface area contributed by atoms with Gasteiger partial charge in [-0.25, -0.2) is 14.3 Å². The molecule has 5 fully saturated rings. The van der Waals surface area contributed by atoms with Crippen molar-refractivity contribution >= 4 is 11.9 Å². The van der Waals surface area contributed by atoms with Gasteiger partial charge in [-0.3, -0.25) is 9.80 Å². The summed E-state index contributed by atoms with van der Waals surface area (Å²) >= 11 is 0. The van der Waals surface area contributed by atoms with Gasteiger partial charge in [-0.1, -0.05) is 18.1 Å². The fraction of sp³-hybridized carbons (Fsp3) is 0.724. The summed E-state index contributed by atoms with van der Waals surface area (Å²) in [6, 6.07) is 1.58. The number of carbonyl (C=O) groups is 2. The first-order chi connectivity index (χ1) is 19.0. The van der Waals surface area contributed by atoms with Crippen LogP contribution in [-0.4, -0.2) is 91.7 Å². The van der Waals surface area contributed by atoms with Crippen LogP contribution >= 0.6 is 0 Å². The van der Waals surface area contributed by atoms with Gasteiger partial charge in [-0.2, -0.15) is 0 Å². The van der Waals surface area contributed by atoms with Gasteiger partial charge < -0.3 is 14.8 Å². The van der Waals surface area contributed by atoms with Gasteiger partial charge in [0.2, 0.25) is 0 Å². The van der Waals surface area contributed by atoms with Crippen molar-refractivity contribution in [2.75, 3.05) is 13.1 Å². The minimum absolute atomic E-state index is 0.0999. The number of fused-ring (bicyclic) bond motifs is 6. The fourth-order valence-electron chi connectivity index (χ4n) is 9.10. The van der Waals surface area contributed by atoms with Crippen molar-refractivity contribution in [1.29, 1.82) is 0 Å². The Hall–Kier alpha value is -2.56. The predicted molar refractivity (Wildman–Crippen MR) is 140 cm³/mol. The molecule has 1 aromatic heterocycles. The lowest BCUT2D eigenvalue weighted by atomic mass is 9.75. The lowest BCUT2D eigenvalue weighted by Gasteiger charge is -2.42. The molecule has 8 rings (SSSR count). The Labute approximate surface area is 228 Å². The van der Waals surface area contributed by atoms with Crippen LogP contribution in [0.3, 0.4) is 0 Å². The van der Waals surface area contributed by atoms with Gasteiger partial charge in [-0.15, -0.1) is 5.10 Å². The number of rotatable bonds is 4. The maximum Gasteiger partial charge on any atom is 0.331 e. The van der Waals surface area contributed by atoms with E-state index in [-0.39, 0.29) is 36.2 Å². The quantitative estimate of drug-likeness (QED) is 0.582. The second kappa shape index (κ2) is 8.97. The van der Waals surface area contributed by atoms with Gasteiger partial charge in [0.25, 0.3) is 0 Å². The molecular weight excluding hydrogens is 496 g/mol. The molecule has 2 bridgehead atoms. The van der Waals surface area contributed by atoms with Gasteiger partial charge in [0.15, 0.2) is 5.60 Å². The van der Waals surface area contributed by atoms with Gasteiger partial charge in [0.1, 0.15) is 6.10 Å². The molecule has 1 aliphatic carbocycles. The molecule has 0 radical (unpaired) electrons. The van der Waals surface area contributed by atoms with E-state index in [0.29, 0.717) is 24.7 Å². The molecule has 7 unspecified atom stereocenters. The van der Waals surface area contributed by atoms with Crippen LogP contribution in [0.2, 0.25) is 0 Å². The maximum absolute atomic E-state index is 12.4. The molecule has 0 aromatic carbocycles. The van der Waals surface area contributed by atoms with E-state index in [0.717, 1.165) is 62.0 Å². The normalized spacial score (nSPS) is 41.5. The number of ether oxygens (including phenoxy) is 2. The van der Waals surface area contributed by atoms with Crippen LogP contribution in [-0.2, 0) is 25.6 Å². The second-order valence-electron chi connectivity index (χ2n) is 12.8. The van der Waals surface area contributed by atoms with Gasteiger partial charge in [-0.05, 0) is 69.7 Å². The van der Waals surface area contributed by atoms with Crippen LogP contribution in [0.15, 0.2) is 29.5 Å². The summed E-state index contributed by atoms with van der Waals surface area (Å²) in [5.41, 5.74) is 2.79. The van der Waals surface area contributed by atoms with Gasteiger partial charge >= 0.3 is 11.9 Å². The van der Waals surface area contributed by atoms with Crippen molar-refractivity contribution in [1.82, 2.24) is 30.1 Å². The first-order valence-electron chi connectivity index (χ1n) is 15.0. The van der Waals surface area contributed by atoms with E-state index in [1.807, 2.05) is 4.68 Å². The van der Waals surface area contributed by atoms with Crippen LogP contribution in [0.5, 0.6) is 0 Å². The SMILES string of the molecule is C[C@H]1C(NCc2cn(C3CC4=CC(=O)OC45CC3N3CCCCC35)nn2)CC2=CC(=O)OC2C2CCCCN21. The summed E-state index contributed by atoms with van der Waals surface area (Å²) in [4.78, 5) is 29.7. The van der Waals surface area contributed by atoms with E-state index in [1.165, 1.54) is 25.7 Å². The first kappa shape index (κ1) is 24.3. The number of hydrogen-bond donors (Lipinski definition) is 1. The van der Waals surface area contributed by atoms with Crippen molar-refractivity contribution in [2.45, 2.75) is 119 Å². The minimum Gasteiger partial charge on any atom is -0.453 e. The molecular formula is C29H38N6O4. The monoisotopic (exact) mass is 534 g/mol. The molecule has 8 atom stereocenters. The predicted octanol–water partition coefficient (Wildman–Crippen LogP) is 2.03. The Kier molecular flexibility index (Phi) is 5.58. The van der Waals surface area contributed by atoms with Gasteiger partial charge in [0, 0.05) is 43.2 Å². The van der Waals surface area contributed by atoms with Crippen molar-refractivity contribution in [3.63, 3.8) is 0 Å². The molecule has 7 heterocycles. The van der Waals surface area contributed by atoms with E-state index in [2.05, 4.69) is 38.5 Å². The van der Waals surface area contributed by atoms with Crippen molar-refractivity contribution in [3.05, 3.63) is 35.2 Å². The topological polar surface area (TPSA) is 102 Å². The molecule has 39 heavy (non-hydrogen) atoms. The van der Waals surface area contributed by atoms with Gasteiger partial charge in [0.05, 0.1) is 30.0 Å². The Morgan fingerprint density at radius 1 is 1.00 bits per heavy atom. The molecule has 1 spiro atoms. The number of hydrogen-bond acceptors (Lipinski definition) is 9. The lowest BCUT2D eigenvalue weighted by Crippen LogP contribution is -2.54. The minimum atomic E-state index is -0.413. The standard InChI is InChI=1S/C29H38N6O4/c1-17-21(10-18-11-26(36)38-28(18)22-6-2-4-8-33(17)22)30-15-20-16-35(32-31-20)23-12-19-13-27(37)39-29(19)14-24(23)34-9-5-3-7-25(29)34/h11,13,16-17,21-25,28,30H,2-10,12,14-15H2,1H3/t17-,21?,22?,23?,24?,25?,28?,29?/m0/s1. The molecule has 208 valence electrons. The van der Waals surface area contributed by atoms with E-state index in [4.69, 9.17) is 9.47 Å². The van der Waals surface area contributed by atoms with Crippen molar-refractivity contribution < 1.29 is 19.1 Å². The highest BCUT2D eigenvalue weighted by atomic mass is 16.6. The third-order valence-electron chi connectivity index (χ3n) is 10.9. The smallest absolute Gasteiger partial charge is 0.331 e. The van der Waals surface area contributed by atoms with Crippen LogP contribution in [0.25, 0.3) is 0 Å². The van der Waals surface area contributed by atoms with Crippen LogP contribution in [0.4, 0.5) is 0 Å². The largest absolute Gasteiger partial charge is 0.453 e. The third kappa shape index (κ3) is 3.70. The van der Waals surface area contributed by atoms with E-state index in [9.17, 15) is 9.59 Å². The molecule has 4 saturated heterocycles. The van der Waals surface area contributed by atoms with Crippen LogP contribution in [0.1, 0.15) is 76.4 Å². The summed E-state index contributed by atoms with van der Waals surface area (Å²) in [6.07, 6.45) is 14.9. The van der Waals surface area contributed by atoms with Crippen molar-refractivity contribution in [3.8, 4) is 0 Å². The van der Waals surface area contributed by atoms with E-state index in [1.54, 1.807) is 12.2 Å².